The summed E-state index contributed by atoms with van der Waals surface area (Å²) in [4.78, 5) is 23.9. The fourth-order valence-corrected chi connectivity index (χ4v) is 2.88. The Balaban J connectivity index is 1.90. The Morgan fingerprint density at radius 3 is 2.23 bits per heavy atom. The summed E-state index contributed by atoms with van der Waals surface area (Å²) in [5.74, 6) is -0.423. The smallest absolute Gasteiger partial charge is 0.338 e. The Morgan fingerprint density at radius 2 is 1.65 bits per heavy atom. The third-order valence-electron chi connectivity index (χ3n) is 4.08. The summed E-state index contributed by atoms with van der Waals surface area (Å²) < 4.78 is 4.95. The van der Waals surface area contributed by atoms with Crippen molar-refractivity contribution in [2.75, 3.05) is 13.2 Å². The molecule has 0 saturated carbocycles. The first-order valence-corrected chi connectivity index (χ1v) is 9.02. The van der Waals surface area contributed by atoms with E-state index in [9.17, 15) is 14.7 Å². The molecule has 0 aliphatic heterocycles. The van der Waals surface area contributed by atoms with Crippen molar-refractivity contribution in [1.82, 2.24) is 0 Å². The maximum atomic E-state index is 12.3. The number of esters is 1. The van der Waals surface area contributed by atoms with Crippen LogP contribution in [0.25, 0.3) is 0 Å². The molecule has 0 saturated heterocycles. The second kappa shape index (κ2) is 10.1. The first-order valence-electron chi connectivity index (χ1n) is 8.65. The minimum atomic E-state index is -0.351. The van der Waals surface area contributed by atoms with Crippen LogP contribution in [0.5, 0.6) is 0 Å². The third kappa shape index (κ3) is 6.28. The van der Waals surface area contributed by atoms with Gasteiger partial charge < -0.3 is 9.84 Å². The van der Waals surface area contributed by atoms with Gasteiger partial charge >= 0.3 is 5.97 Å². The molecule has 0 aromatic heterocycles. The van der Waals surface area contributed by atoms with Crippen LogP contribution < -0.4 is 0 Å². The number of halogens is 1. The Morgan fingerprint density at radius 1 is 1.04 bits per heavy atom. The Kier molecular flexibility index (Phi) is 7.82. The molecule has 0 radical (unpaired) electrons. The molecule has 2 aromatic rings. The fourth-order valence-electron chi connectivity index (χ4n) is 2.75. The number of carbonyl (C=O) groups excluding carboxylic acids is 2. The number of hydrogen-bond donors (Lipinski definition) is 1. The molecule has 0 amide bonds. The number of hydrogen-bond acceptors (Lipinski definition) is 4. The lowest BCUT2D eigenvalue weighted by Crippen LogP contribution is -2.16. The monoisotopic (exact) mass is 374 g/mol. The number of rotatable bonds is 9. The van der Waals surface area contributed by atoms with Gasteiger partial charge in [0.25, 0.3) is 0 Å². The second-order valence-corrected chi connectivity index (χ2v) is 6.65. The molecule has 5 heteroatoms. The Bertz CT molecular complexity index is 723. The van der Waals surface area contributed by atoms with Gasteiger partial charge in [-0.1, -0.05) is 35.9 Å². The zero-order valence-corrected chi connectivity index (χ0v) is 15.5. The molecule has 2 aromatic carbocycles. The lowest BCUT2D eigenvalue weighted by atomic mass is 9.92. The number of benzene rings is 2. The van der Waals surface area contributed by atoms with E-state index >= 15 is 0 Å². The number of carbonyl (C=O) groups is 2. The molecular weight excluding hydrogens is 352 g/mol. The minimum absolute atomic E-state index is 0.0635. The Hall–Kier alpha value is -2.17. The zero-order valence-electron chi connectivity index (χ0n) is 14.8. The molecule has 138 valence electrons. The summed E-state index contributed by atoms with van der Waals surface area (Å²) in [6.07, 6.45) is 1.21. The van der Waals surface area contributed by atoms with Gasteiger partial charge in [0.15, 0.2) is 0 Å². The Labute approximate surface area is 158 Å². The SMILES string of the molecule is CCOC(=O)c1ccc(CC(CO)CC(=O)Cc2ccc(Cl)cc2)cc1. The lowest BCUT2D eigenvalue weighted by Gasteiger charge is -2.14. The highest BCUT2D eigenvalue weighted by atomic mass is 35.5. The summed E-state index contributed by atoms with van der Waals surface area (Å²) in [6, 6.07) is 14.3. The molecule has 0 aliphatic rings. The van der Waals surface area contributed by atoms with Crippen molar-refractivity contribution in [3.8, 4) is 0 Å². The largest absolute Gasteiger partial charge is 0.462 e. The van der Waals surface area contributed by atoms with Crippen LogP contribution >= 0.6 is 11.6 Å². The standard InChI is InChI=1S/C21H23ClO4/c1-2-26-21(25)18-7-3-15(4-8-18)11-17(14-23)13-20(24)12-16-5-9-19(22)10-6-16/h3-10,17,23H,2,11-14H2,1H3. The van der Waals surface area contributed by atoms with E-state index in [2.05, 4.69) is 0 Å². The van der Waals surface area contributed by atoms with Crippen LogP contribution in [0.1, 0.15) is 34.8 Å². The molecule has 1 atom stereocenters. The van der Waals surface area contributed by atoms with E-state index in [-0.39, 0.29) is 24.3 Å². The van der Waals surface area contributed by atoms with Gasteiger partial charge in [-0.25, -0.2) is 4.79 Å². The van der Waals surface area contributed by atoms with Crippen LogP contribution in [0.15, 0.2) is 48.5 Å². The molecule has 0 fully saturated rings. The second-order valence-electron chi connectivity index (χ2n) is 6.22. The summed E-state index contributed by atoms with van der Waals surface area (Å²) >= 11 is 5.85. The number of aliphatic hydroxyl groups is 1. The molecule has 0 spiro atoms. The average Bonchev–Trinajstić information content (AvgIpc) is 2.64. The van der Waals surface area contributed by atoms with Crippen LogP contribution in [0.3, 0.4) is 0 Å². The maximum Gasteiger partial charge on any atom is 0.338 e. The van der Waals surface area contributed by atoms with E-state index in [1.807, 2.05) is 24.3 Å². The number of ether oxygens (including phenoxy) is 1. The average molecular weight is 375 g/mol. The third-order valence-corrected chi connectivity index (χ3v) is 4.33. The topological polar surface area (TPSA) is 63.6 Å². The highest BCUT2D eigenvalue weighted by molar-refractivity contribution is 6.30. The molecule has 0 heterocycles. The van der Waals surface area contributed by atoms with Crippen LogP contribution in [0, 0.1) is 5.92 Å². The van der Waals surface area contributed by atoms with E-state index in [4.69, 9.17) is 16.3 Å². The van der Waals surface area contributed by atoms with Crippen LogP contribution in [-0.4, -0.2) is 30.1 Å². The lowest BCUT2D eigenvalue weighted by molar-refractivity contribution is -0.119. The van der Waals surface area contributed by atoms with Crippen molar-refractivity contribution in [2.45, 2.75) is 26.2 Å². The fraction of sp³-hybridized carbons (Fsp3) is 0.333. The summed E-state index contributed by atoms with van der Waals surface area (Å²) in [7, 11) is 0. The van der Waals surface area contributed by atoms with E-state index in [1.54, 1.807) is 31.2 Å². The molecule has 4 nitrogen and oxygen atoms in total. The normalized spacial score (nSPS) is 11.8. The van der Waals surface area contributed by atoms with Gasteiger partial charge in [-0.15, -0.1) is 0 Å². The zero-order chi connectivity index (χ0) is 18.9. The van der Waals surface area contributed by atoms with Gasteiger partial charge in [0.05, 0.1) is 12.2 Å². The summed E-state index contributed by atoms with van der Waals surface area (Å²) in [5, 5.41) is 10.2. The van der Waals surface area contributed by atoms with Crippen molar-refractivity contribution in [2.24, 2.45) is 5.92 Å². The number of Topliss-reactive ketones (excluding diaryl/α,β-unsaturated/α-hetero) is 1. The van der Waals surface area contributed by atoms with Gasteiger partial charge in [-0.2, -0.15) is 0 Å². The predicted octanol–water partition coefficient (Wildman–Crippen LogP) is 3.87. The van der Waals surface area contributed by atoms with Gasteiger partial charge in [0.2, 0.25) is 0 Å². The number of aliphatic hydroxyl groups excluding tert-OH is 1. The first-order chi connectivity index (χ1) is 12.5. The van der Waals surface area contributed by atoms with Crippen molar-refractivity contribution in [3.63, 3.8) is 0 Å². The molecule has 1 unspecified atom stereocenters. The highest BCUT2D eigenvalue weighted by Crippen LogP contribution is 2.16. The van der Waals surface area contributed by atoms with E-state index in [0.29, 0.717) is 36.5 Å². The van der Waals surface area contributed by atoms with Crippen LogP contribution in [0.4, 0.5) is 0 Å². The van der Waals surface area contributed by atoms with Crippen molar-refractivity contribution < 1.29 is 19.4 Å². The molecule has 2 rings (SSSR count). The quantitative estimate of drug-likeness (QED) is 0.677. The van der Waals surface area contributed by atoms with Gasteiger partial charge in [0.1, 0.15) is 5.78 Å². The first kappa shape index (κ1) is 20.1. The molecule has 0 aliphatic carbocycles. The van der Waals surface area contributed by atoms with E-state index < -0.39 is 0 Å². The van der Waals surface area contributed by atoms with Crippen molar-refractivity contribution in [1.29, 1.82) is 0 Å². The van der Waals surface area contributed by atoms with Gasteiger partial charge in [-0.05, 0) is 54.7 Å². The van der Waals surface area contributed by atoms with Crippen LogP contribution in [-0.2, 0) is 22.4 Å². The predicted molar refractivity (Wildman–Crippen MR) is 101 cm³/mol. The summed E-state index contributed by atoms with van der Waals surface area (Å²) in [6.45, 7) is 2.04. The van der Waals surface area contributed by atoms with Crippen molar-refractivity contribution in [3.05, 3.63) is 70.2 Å². The maximum absolute atomic E-state index is 12.3. The summed E-state index contributed by atoms with van der Waals surface area (Å²) in [5.41, 5.74) is 2.38. The van der Waals surface area contributed by atoms with Gasteiger partial charge in [0, 0.05) is 24.5 Å². The number of ketones is 1. The van der Waals surface area contributed by atoms with E-state index in [1.165, 1.54) is 0 Å². The van der Waals surface area contributed by atoms with Crippen molar-refractivity contribution >= 4 is 23.4 Å². The molecular formula is C21H23ClO4. The van der Waals surface area contributed by atoms with Crippen LogP contribution in [0.2, 0.25) is 5.02 Å². The molecule has 0 bridgehead atoms. The molecule has 26 heavy (non-hydrogen) atoms. The highest BCUT2D eigenvalue weighted by Gasteiger charge is 2.15. The molecule has 1 N–H and O–H groups in total. The van der Waals surface area contributed by atoms with E-state index in [0.717, 1.165) is 11.1 Å². The van der Waals surface area contributed by atoms with Gasteiger partial charge in [-0.3, -0.25) is 4.79 Å². The minimum Gasteiger partial charge on any atom is -0.462 e.